The monoisotopic (exact) mass is 391 g/mol. The van der Waals surface area contributed by atoms with Gasteiger partial charge in [0.25, 0.3) is 5.56 Å². The molecule has 1 aliphatic carbocycles. The molecule has 0 bridgehead atoms. The number of carbonyl (C=O) groups excluding carboxylic acids is 1. The Morgan fingerprint density at radius 3 is 2.52 bits per heavy atom. The van der Waals surface area contributed by atoms with Gasteiger partial charge in [-0.15, -0.1) is 0 Å². The Kier molecular flexibility index (Phi) is 5.41. The number of fused-ring (bicyclic) bond motifs is 1. The standard InChI is InChI=1S/C18H25N5O3S/c1-9(2)8-23-14-13(17(25)22(5)18(23)26)16(20-11(4)19-14)27-10(3)15(24)21-12-6-7-12/h9-10,12H,6-8H2,1-5H3,(H,21,24)/t10-/m1/s1. The number of amides is 1. The van der Waals surface area contributed by atoms with Crippen LogP contribution in [-0.4, -0.2) is 36.3 Å². The summed E-state index contributed by atoms with van der Waals surface area (Å²) in [5, 5.41) is 3.29. The van der Waals surface area contributed by atoms with Crippen LogP contribution in [0.1, 0.15) is 39.4 Å². The lowest BCUT2D eigenvalue weighted by atomic mass is 10.2. The highest BCUT2D eigenvalue weighted by Crippen LogP contribution is 2.28. The van der Waals surface area contributed by atoms with Crippen LogP contribution in [0.2, 0.25) is 0 Å². The number of aryl methyl sites for hydroxylation is 1. The van der Waals surface area contributed by atoms with Crippen LogP contribution in [0.4, 0.5) is 0 Å². The first-order valence-electron chi connectivity index (χ1n) is 9.14. The summed E-state index contributed by atoms with van der Waals surface area (Å²) in [6.07, 6.45) is 2.03. The van der Waals surface area contributed by atoms with Crippen molar-refractivity contribution in [2.24, 2.45) is 13.0 Å². The Morgan fingerprint density at radius 2 is 1.93 bits per heavy atom. The highest BCUT2D eigenvalue weighted by Gasteiger charge is 2.27. The summed E-state index contributed by atoms with van der Waals surface area (Å²) < 4.78 is 2.61. The second kappa shape index (κ2) is 7.46. The van der Waals surface area contributed by atoms with Crippen LogP contribution in [0.3, 0.4) is 0 Å². The van der Waals surface area contributed by atoms with Crippen molar-refractivity contribution in [1.82, 2.24) is 24.4 Å². The van der Waals surface area contributed by atoms with Crippen molar-refractivity contribution in [1.29, 1.82) is 0 Å². The van der Waals surface area contributed by atoms with Crippen molar-refractivity contribution >= 4 is 28.7 Å². The lowest BCUT2D eigenvalue weighted by Crippen LogP contribution is -2.40. The van der Waals surface area contributed by atoms with E-state index in [2.05, 4.69) is 15.3 Å². The van der Waals surface area contributed by atoms with Crippen molar-refractivity contribution in [3.05, 3.63) is 26.7 Å². The highest BCUT2D eigenvalue weighted by atomic mass is 32.2. The van der Waals surface area contributed by atoms with Crippen molar-refractivity contribution < 1.29 is 4.79 Å². The molecule has 2 aromatic rings. The molecule has 27 heavy (non-hydrogen) atoms. The summed E-state index contributed by atoms with van der Waals surface area (Å²) in [5.41, 5.74) is -0.497. The molecular formula is C18H25N5O3S. The molecule has 1 N–H and O–H groups in total. The minimum atomic E-state index is -0.438. The van der Waals surface area contributed by atoms with E-state index in [4.69, 9.17) is 0 Å². The molecule has 1 saturated carbocycles. The van der Waals surface area contributed by atoms with Gasteiger partial charge in [0.1, 0.15) is 16.2 Å². The van der Waals surface area contributed by atoms with Gasteiger partial charge in [-0.1, -0.05) is 25.6 Å². The summed E-state index contributed by atoms with van der Waals surface area (Å²) >= 11 is 1.23. The smallest absolute Gasteiger partial charge is 0.332 e. The van der Waals surface area contributed by atoms with Gasteiger partial charge in [-0.2, -0.15) is 0 Å². The van der Waals surface area contributed by atoms with Gasteiger partial charge in [-0.3, -0.25) is 18.7 Å². The van der Waals surface area contributed by atoms with Crippen LogP contribution in [0.15, 0.2) is 14.6 Å². The van der Waals surface area contributed by atoms with Crippen molar-refractivity contribution in [3.63, 3.8) is 0 Å². The van der Waals surface area contributed by atoms with Gasteiger partial charge in [0.2, 0.25) is 5.91 Å². The fourth-order valence-electron chi connectivity index (χ4n) is 2.82. The number of hydrogen-bond donors (Lipinski definition) is 1. The van der Waals surface area contributed by atoms with Gasteiger partial charge in [0.15, 0.2) is 5.65 Å². The second-order valence-electron chi connectivity index (χ2n) is 7.47. The maximum Gasteiger partial charge on any atom is 0.332 e. The average Bonchev–Trinajstić information content (AvgIpc) is 3.40. The first-order chi connectivity index (χ1) is 12.7. The topological polar surface area (TPSA) is 98.9 Å². The first kappa shape index (κ1) is 19.6. The number of carbonyl (C=O) groups is 1. The molecule has 1 amide bonds. The van der Waals surface area contributed by atoms with Crippen LogP contribution in [0, 0.1) is 12.8 Å². The third-order valence-electron chi connectivity index (χ3n) is 4.39. The molecule has 146 valence electrons. The number of rotatable bonds is 6. The van der Waals surface area contributed by atoms with Crippen LogP contribution < -0.4 is 16.6 Å². The molecular weight excluding hydrogens is 366 g/mol. The largest absolute Gasteiger partial charge is 0.352 e. The van der Waals surface area contributed by atoms with E-state index in [9.17, 15) is 14.4 Å². The summed E-state index contributed by atoms with van der Waals surface area (Å²) in [6.45, 7) is 7.96. The Labute approximate surface area is 161 Å². The zero-order chi connectivity index (χ0) is 19.9. The van der Waals surface area contributed by atoms with Gasteiger partial charge in [-0.05, 0) is 32.6 Å². The van der Waals surface area contributed by atoms with Crippen LogP contribution in [0.25, 0.3) is 11.0 Å². The van der Waals surface area contributed by atoms with E-state index in [1.54, 1.807) is 13.8 Å². The summed E-state index contributed by atoms with van der Waals surface area (Å²) in [5.74, 6) is 0.599. The van der Waals surface area contributed by atoms with Gasteiger partial charge >= 0.3 is 5.69 Å². The molecule has 2 heterocycles. The maximum atomic E-state index is 12.8. The Balaban J connectivity index is 2.12. The van der Waals surface area contributed by atoms with Crippen molar-refractivity contribution in [3.8, 4) is 0 Å². The van der Waals surface area contributed by atoms with E-state index < -0.39 is 16.5 Å². The van der Waals surface area contributed by atoms with Crippen LogP contribution in [0.5, 0.6) is 0 Å². The zero-order valence-electron chi connectivity index (χ0n) is 16.3. The van der Waals surface area contributed by atoms with E-state index >= 15 is 0 Å². The molecule has 1 atom stereocenters. The zero-order valence-corrected chi connectivity index (χ0v) is 17.1. The third kappa shape index (κ3) is 4.07. The minimum absolute atomic E-state index is 0.0701. The predicted molar refractivity (Wildman–Crippen MR) is 105 cm³/mol. The molecule has 8 nitrogen and oxygen atoms in total. The molecule has 0 aliphatic heterocycles. The number of aromatic nitrogens is 4. The molecule has 0 saturated heterocycles. The van der Waals surface area contributed by atoms with E-state index in [0.29, 0.717) is 28.4 Å². The Hall–Kier alpha value is -2.16. The lowest BCUT2D eigenvalue weighted by Gasteiger charge is -2.16. The van der Waals surface area contributed by atoms with Crippen LogP contribution in [-0.2, 0) is 18.4 Å². The summed E-state index contributed by atoms with van der Waals surface area (Å²) in [7, 11) is 1.46. The number of nitrogens with one attached hydrogen (secondary N) is 1. The van der Waals surface area contributed by atoms with E-state index in [1.165, 1.54) is 23.4 Å². The molecule has 2 aromatic heterocycles. The quantitative estimate of drug-likeness (QED) is 0.587. The molecule has 0 radical (unpaired) electrons. The minimum Gasteiger partial charge on any atom is -0.352 e. The fraction of sp³-hybridized carbons (Fsp3) is 0.611. The third-order valence-corrected chi connectivity index (χ3v) is 5.48. The van der Waals surface area contributed by atoms with Gasteiger partial charge < -0.3 is 5.32 Å². The van der Waals surface area contributed by atoms with E-state index in [1.807, 2.05) is 13.8 Å². The summed E-state index contributed by atoms with van der Waals surface area (Å²) in [4.78, 5) is 46.6. The molecule has 0 unspecified atom stereocenters. The molecule has 1 fully saturated rings. The molecule has 0 spiro atoms. The normalized spacial score (nSPS) is 15.3. The van der Waals surface area contributed by atoms with Crippen molar-refractivity contribution in [2.75, 3.05) is 0 Å². The average molecular weight is 391 g/mol. The lowest BCUT2D eigenvalue weighted by molar-refractivity contribution is -0.120. The Bertz CT molecular complexity index is 1010. The van der Waals surface area contributed by atoms with Gasteiger partial charge in [0, 0.05) is 19.6 Å². The molecule has 1 aliphatic rings. The van der Waals surface area contributed by atoms with Crippen LogP contribution >= 0.6 is 11.8 Å². The first-order valence-corrected chi connectivity index (χ1v) is 10.0. The number of nitrogens with zero attached hydrogens (tertiary/aromatic N) is 4. The predicted octanol–water partition coefficient (Wildman–Crippen LogP) is 1.21. The SMILES string of the molecule is Cc1nc(S[C@H](C)C(=O)NC2CC2)c2c(=O)n(C)c(=O)n(CC(C)C)c2n1. The molecule has 3 rings (SSSR count). The van der Waals surface area contributed by atoms with Gasteiger partial charge in [-0.25, -0.2) is 14.8 Å². The Morgan fingerprint density at radius 1 is 1.26 bits per heavy atom. The van der Waals surface area contributed by atoms with Gasteiger partial charge in [0.05, 0.1) is 5.25 Å². The molecule has 9 heteroatoms. The summed E-state index contributed by atoms with van der Waals surface area (Å²) in [6, 6.07) is 0.272. The molecule has 0 aromatic carbocycles. The van der Waals surface area contributed by atoms with E-state index in [0.717, 1.165) is 17.4 Å². The number of hydrogen-bond acceptors (Lipinski definition) is 6. The van der Waals surface area contributed by atoms with E-state index in [-0.39, 0.29) is 17.9 Å². The van der Waals surface area contributed by atoms with Crippen molar-refractivity contribution in [2.45, 2.75) is 63.4 Å². The second-order valence-corrected chi connectivity index (χ2v) is 8.80. The highest BCUT2D eigenvalue weighted by molar-refractivity contribution is 8.00. The number of thioether (sulfide) groups is 1. The maximum absolute atomic E-state index is 12.8. The fourth-order valence-corrected chi connectivity index (χ4v) is 3.81.